The van der Waals surface area contributed by atoms with Crippen LogP contribution in [0.25, 0.3) is 0 Å². The summed E-state index contributed by atoms with van der Waals surface area (Å²) in [7, 11) is 1.83. The molecule has 1 aliphatic rings. The molecular weight excluding hydrogens is 276 g/mol. The van der Waals surface area contributed by atoms with Crippen LogP contribution >= 0.6 is 0 Å². The fraction of sp³-hybridized carbons (Fsp3) is 0.941. The highest BCUT2D eigenvalue weighted by Crippen LogP contribution is 2.10. The molecule has 0 radical (unpaired) electrons. The van der Waals surface area contributed by atoms with E-state index in [1.165, 1.54) is 32.4 Å². The van der Waals surface area contributed by atoms with E-state index in [-0.39, 0.29) is 0 Å². The van der Waals surface area contributed by atoms with E-state index < -0.39 is 0 Å². The summed E-state index contributed by atoms with van der Waals surface area (Å²) < 4.78 is 5.77. The molecule has 0 aromatic rings. The van der Waals surface area contributed by atoms with E-state index in [1.807, 2.05) is 7.05 Å². The lowest BCUT2D eigenvalue weighted by atomic mass is 10.0. The molecule has 0 aliphatic carbocycles. The minimum atomic E-state index is 0.323. The minimum absolute atomic E-state index is 0.323. The number of guanidine groups is 1. The molecule has 0 bridgehead atoms. The summed E-state index contributed by atoms with van der Waals surface area (Å²) in [6, 6.07) is 0. The van der Waals surface area contributed by atoms with E-state index in [1.54, 1.807) is 0 Å². The van der Waals surface area contributed by atoms with Crippen LogP contribution in [0.2, 0.25) is 0 Å². The van der Waals surface area contributed by atoms with Crippen molar-refractivity contribution >= 4 is 5.96 Å². The first-order chi connectivity index (χ1) is 10.7. The van der Waals surface area contributed by atoms with Crippen LogP contribution in [0.15, 0.2) is 4.99 Å². The SMILES string of the molecule is CCOC(CCNC(=NC)NCCN1CCCCC1)C(C)C. The Hall–Kier alpha value is -0.810. The maximum atomic E-state index is 5.77. The van der Waals surface area contributed by atoms with Gasteiger partial charge in [-0.3, -0.25) is 4.99 Å². The van der Waals surface area contributed by atoms with Gasteiger partial charge in [0.15, 0.2) is 5.96 Å². The molecule has 1 unspecified atom stereocenters. The van der Waals surface area contributed by atoms with Gasteiger partial charge >= 0.3 is 0 Å². The van der Waals surface area contributed by atoms with Crippen molar-refractivity contribution in [3.63, 3.8) is 0 Å². The Morgan fingerprint density at radius 3 is 2.41 bits per heavy atom. The number of nitrogens with zero attached hydrogens (tertiary/aromatic N) is 2. The molecule has 0 aromatic heterocycles. The summed E-state index contributed by atoms with van der Waals surface area (Å²) >= 11 is 0. The molecule has 1 fully saturated rings. The summed E-state index contributed by atoms with van der Waals surface area (Å²) in [5.41, 5.74) is 0. The predicted octanol–water partition coefficient (Wildman–Crippen LogP) is 2.09. The molecule has 130 valence electrons. The first-order valence-corrected chi connectivity index (χ1v) is 8.95. The molecule has 1 saturated heterocycles. The van der Waals surface area contributed by atoms with E-state index in [0.29, 0.717) is 12.0 Å². The van der Waals surface area contributed by atoms with Crippen molar-refractivity contribution < 1.29 is 4.74 Å². The second kappa shape index (κ2) is 11.7. The van der Waals surface area contributed by atoms with Crippen molar-refractivity contribution in [1.29, 1.82) is 0 Å². The van der Waals surface area contributed by atoms with Crippen LogP contribution in [0.4, 0.5) is 0 Å². The lowest BCUT2D eigenvalue weighted by Gasteiger charge is -2.26. The monoisotopic (exact) mass is 312 g/mol. The molecule has 0 spiro atoms. The molecule has 5 heteroatoms. The Balaban J connectivity index is 2.16. The smallest absolute Gasteiger partial charge is 0.191 e. The number of likely N-dealkylation sites (tertiary alicyclic amines) is 1. The molecular formula is C17H36N4O. The van der Waals surface area contributed by atoms with Crippen LogP contribution in [0.5, 0.6) is 0 Å². The maximum absolute atomic E-state index is 5.77. The van der Waals surface area contributed by atoms with E-state index >= 15 is 0 Å². The number of ether oxygens (including phenoxy) is 1. The summed E-state index contributed by atoms with van der Waals surface area (Å²) in [6.07, 6.45) is 5.42. The Kier molecular flexibility index (Phi) is 10.2. The maximum Gasteiger partial charge on any atom is 0.191 e. The number of hydrogen-bond donors (Lipinski definition) is 2. The van der Waals surface area contributed by atoms with E-state index in [2.05, 4.69) is 41.3 Å². The third kappa shape index (κ3) is 7.99. The quantitative estimate of drug-likeness (QED) is 0.505. The Labute approximate surface area is 136 Å². The lowest BCUT2D eigenvalue weighted by Crippen LogP contribution is -2.43. The molecule has 0 saturated carbocycles. The minimum Gasteiger partial charge on any atom is -0.378 e. The van der Waals surface area contributed by atoms with Crippen molar-refractivity contribution in [3.8, 4) is 0 Å². The summed E-state index contributed by atoms with van der Waals surface area (Å²) in [5, 5.41) is 6.80. The van der Waals surface area contributed by atoms with Gasteiger partial charge in [0.25, 0.3) is 0 Å². The highest BCUT2D eigenvalue weighted by Gasteiger charge is 2.13. The highest BCUT2D eigenvalue weighted by molar-refractivity contribution is 5.79. The molecule has 1 atom stereocenters. The van der Waals surface area contributed by atoms with Crippen LogP contribution in [-0.2, 0) is 4.74 Å². The standard InChI is InChI=1S/C17H36N4O/c1-5-22-16(15(2)3)9-10-19-17(18-4)20-11-14-21-12-7-6-8-13-21/h15-16H,5-14H2,1-4H3,(H2,18,19,20). The van der Waals surface area contributed by atoms with Gasteiger partial charge in [-0.15, -0.1) is 0 Å². The number of aliphatic imine (C=N–C) groups is 1. The Morgan fingerprint density at radius 2 is 1.82 bits per heavy atom. The normalized spacial score (nSPS) is 18.5. The van der Waals surface area contributed by atoms with Gasteiger partial charge in [-0.05, 0) is 45.2 Å². The highest BCUT2D eigenvalue weighted by atomic mass is 16.5. The first kappa shape index (κ1) is 19.2. The van der Waals surface area contributed by atoms with Gasteiger partial charge < -0.3 is 20.3 Å². The fourth-order valence-electron chi connectivity index (χ4n) is 2.89. The van der Waals surface area contributed by atoms with Gasteiger partial charge in [-0.1, -0.05) is 20.3 Å². The van der Waals surface area contributed by atoms with Gasteiger partial charge in [0.2, 0.25) is 0 Å². The second-order valence-corrected chi connectivity index (χ2v) is 6.35. The van der Waals surface area contributed by atoms with Crippen molar-refractivity contribution in [2.24, 2.45) is 10.9 Å². The fourth-order valence-corrected chi connectivity index (χ4v) is 2.89. The number of nitrogens with one attached hydrogen (secondary N) is 2. The van der Waals surface area contributed by atoms with E-state index in [4.69, 9.17) is 4.74 Å². The van der Waals surface area contributed by atoms with Crippen LogP contribution in [0, 0.1) is 5.92 Å². The first-order valence-electron chi connectivity index (χ1n) is 8.95. The van der Waals surface area contributed by atoms with Crippen molar-refractivity contribution in [1.82, 2.24) is 15.5 Å². The summed E-state index contributed by atoms with van der Waals surface area (Å²) in [6.45, 7) is 12.7. The van der Waals surface area contributed by atoms with Gasteiger partial charge in [0.05, 0.1) is 6.10 Å². The van der Waals surface area contributed by atoms with E-state index in [9.17, 15) is 0 Å². The Bertz CT molecular complexity index is 301. The average molecular weight is 313 g/mol. The number of hydrogen-bond acceptors (Lipinski definition) is 3. The predicted molar refractivity (Wildman–Crippen MR) is 94.5 cm³/mol. The van der Waals surface area contributed by atoms with Gasteiger partial charge in [-0.25, -0.2) is 0 Å². The zero-order valence-electron chi connectivity index (χ0n) is 15.0. The third-order valence-electron chi connectivity index (χ3n) is 4.24. The molecule has 0 aromatic carbocycles. The second-order valence-electron chi connectivity index (χ2n) is 6.35. The van der Waals surface area contributed by atoms with Crippen LogP contribution in [0.1, 0.15) is 46.5 Å². The molecule has 1 heterocycles. The molecule has 22 heavy (non-hydrogen) atoms. The average Bonchev–Trinajstić information content (AvgIpc) is 2.53. The number of rotatable bonds is 9. The molecule has 1 rings (SSSR count). The molecule has 0 amide bonds. The van der Waals surface area contributed by atoms with Crippen LogP contribution in [0.3, 0.4) is 0 Å². The number of piperidine rings is 1. The summed E-state index contributed by atoms with van der Waals surface area (Å²) in [5.74, 6) is 1.45. The van der Waals surface area contributed by atoms with Crippen molar-refractivity contribution in [2.75, 3.05) is 46.4 Å². The van der Waals surface area contributed by atoms with Crippen molar-refractivity contribution in [3.05, 3.63) is 0 Å². The van der Waals surface area contributed by atoms with Gasteiger partial charge in [0.1, 0.15) is 0 Å². The van der Waals surface area contributed by atoms with Crippen molar-refractivity contribution in [2.45, 2.75) is 52.6 Å². The largest absolute Gasteiger partial charge is 0.378 e. The molecule has 1 aliphatic heterocycles. The zero-order valence-corrected chi connectivity index (χ0v) is 15.0. The van der Waals surface area contributed by atoms with Crippen LogP contribution < -0.4 is 10.6 Å². The van der Waals surface area contributed by atoms with E-state index in [0.717, 1.165) is 38.6 Å². The van der Waals surface area contributed by atoms with Gasteiger partial charge in [-0.2, -0.15) is 0 Å². The molecule has 2 N–H and O–H groups in total. The van der Waals surface area contributed by atoms with Gasteiger partial charge in [0, 0.05) is 33.3 Å². The zero-order chi connectivity index (χ0) is 16.2. The summed E-state index contributed by atoms with van der Waals surface area (Å²) in [4.78, 5) is 6.83. The molecule has 5 nitrogen and oxygen atoms in total. The lowest BCUT2D eigenvalue weighted by molar-refractivity contribution is 0.0258. The third-order valence-corrected chi connectivity index (χ3v) is 4.24. The van der Waals surface area contributed by atoms with Crippen LogP contribution in [-0.4, -0.2) is 63.3 Å². The topological polar surface area (TPSA) is 48.9 Å². The Morgan fingerprint density at radius 1 is 1.14 bits per heavy atom.